The van der Waals surface area contributed by atoms with E-state index in [9.17, 15) is 18.0 Å². The van der Waals surface area contributed by atoms with E-state index in [0.717, 1.165) is 5.69 Å². The van der Waals surface area contributed by atoms with Crippen LogP contribution >= 0.6 is 0 Å². The normalized spacial score (nSPS) is 12.7. The molecule has 0 fully saturated rings. The second-order valence-corrected chi connectivity index (χ2v) is 10.3. The van der Waals surface area contributed by atoms with E-state index in [2.05, 4.69) is 15.0 Å². The summed E-state index contributed by atoms with van der Waals surface area (Å²) in [5.41, 5.74) is 2.17. The third-order valence-electron chi connectivity index (χ3n) is 5.02. The Morgan fingerprint density at radius 2 is 1.59 bits per heavy atom. The fourth-order valence-electron chi connectivity index (χ4n) is 3.28. The van der Waals surface area contributed by atoms with Crippen LogP contribution in [0, 0.1) is 0 Å². The summed E-state index contributed by atoms with van der Waals surface area (Å²) in [6, 6.07) is 14.5. The van der Waals surface area contributed by atoms with Crippen LogP contribution in [-0.2, 0) is 19.6 Å². The number of amides is 1. The summed E-state index contributed by atoms with van der Waals surface area (Å²) in [7, 11) is -3.63. The second kappa shape index (κ2) is 10.3. The maximum atomic E-state index is 12.9. The predicted molar refractivity (Wildman–Crippen MR) is 131 cm³/mol. The van der Waals surface area contributed by atoms with Gasteiger partial charge in [-0.2, -0.15) is 0 Å². The number of ether oxygens (including phenoxy) is 1. The van der Waals surface area contributed by atoms with Gasteiger partial charge in [0.25, 0.3) is 5.91 Å². The van der Waals surface area contributed by atoms with Gasteiger partial charge in [-0.05, 0) is 63.1 Å². The molecule has 0 aliphatic carbocycles. The number of carbonyl (C=O) groups is 2. The van der Waals surface area contributed by atoms with Crippen LogP contribution in [0.5, 0.6) is 0 Å². The number of hydrogen-bond acceptors (Lipinski definition) is 6. The summed E-state index contributed by atoms with van der Waals surface area (Å²) in [4.78, 5) is 30.2. The molecular weight excluding hydrogens is 454 g/mol. The number of esters is 1. The first-order valence-corrected chi connectivity index (χ1v) is 12.5. The van der Waals surface area contributed by atoms with Gasteiger partial charge >= 0.3 is 5.97 Å². The van der Waals surface area contributed by atoms with Crippen LogP contribution in [0.25, 0.3) is 10.9 Å². The minimum atomic E-state index is -3.63. The van der Waals surface area contributed by atoms with Crippen molar-refractivity contribution in [3.63, 3.8) is 0 Å². The van der Waals surface area contributed by atoms with Crippen molar-refractivity contribution in [3.8, 4) is 0 Å². The van der Waals surface area contributed by atoms with Crippen molar-refractivity contribution in [3.05, 3.63) is 65.9 Å². The van der Waals surface area contributed by atoms with Gasteiger partial charge in [-0.1, -0.05) is 32.0 Å². The number of hydrogen-bond donors (Lipinski definition) is 2. The fourth-order valence-corrected chi connectivity index (χ4v) is 4.53. The number of nitrogens with zero attached hydrogens (tertiary/aromatic N) is 1. The van der Waals surface area contributed by atoms with Crippen LogP contribution in [0.2, 0.25) is 0 Å². The van der Waals surface area contributed by atoms with Gasteiger partial charge in [0, 0.05) is 22.8 Å². The van der Waals surface area contributed by atoms with Crippen molar-refractivity contribution in [2.24, 2.45) is 0 Å². The lowest BCUT2D eigenvalue weighted by Gasteiger charge is -2.16. The topological polar surface area (TPSA) is 114 Å². The first kappa shape index (κ1) is 25.3. The van der Waals surface area contributed by atoms with E-state index in [4.69, 9.17) is 4.74 Å². The van der Waals surface area contributed by atoms with Crippen LogP contribution in [0.4, 0.5) is 5.69 Å². The minimum Gasteiger partial charge on any atom is -0.449 e. The van der Waals surface area contributed by atoms with Gasteiger partial charge in [-0.25, -0.2) is 17.9 Å². The van der Waals surface area contributed by atoms with E-state index in [0.29, 0.717) is 22.2 Å². The number of sulfonamides is 1. The molecule has 0 radical (unpaired) electrons. The van der Waals surface area contributed by atoms with Crippen LogP contribution in [0.1, 0.15) is 56.6 Å². The Balaban J connectivity index is 1.72. The molecule has 1 atom stereocenters. The van der Waals surface area contributed by atoms with Crippen molar-refractivity contribution in [2.75, 3.05) is 5.32 Å². The van der Waals surface area contributed by atoms with Crippen LogP contribution < -0.4 is 10.0 Å². The Hall–Kier alpha value is -3.30. The molecule has 0 saturated heterocycles. The molecule has 0 spiro atoms. The van der Waals surface area contributed by atoms with E-state index in [1.165, 1.54) is 31.2 Å². The van der Waals surface area contributed by atoms with Crippen LogP contribution in [-0.4, -0.2) is 37.4 Å². The molecule has 34 heavy (non-hydrogen) atoms. The lowest BCUT2D eigenvalue weighted by Crippen LogP contribution is -2.31. The van der Waals surface area contributed by atoms with Gasteiger partial charge in [-0.3, -0.25) is 9.78 Å². The number of carbonyl (C=O) groups excluding carboxylic acids is 2. The summed E-state index contributed by atoms with van der Waals surface area (Å²) in [5, 5.41) is 3.29. The number of para-hydroxylation sites is 1. The Morgan fingerprint density at radius 1 is 0.941 bits per heavy atom. The highest BCUT2D eigenvalue weighted by molar-refractivity contribution is 7.89. The molecule has 1 amide bonds. The molecule has 0 aliphatic heterocycles. The van der Waals surface area contributed by atoms with E-state index in [-0.39, 0.29) is 16.9 Å². The van der Waals surface area contributed by atoms with E-state index in [1.807, 2.05) is 32.0 Å². The maximum Gasteiger partial charge on any atom is 0.339 e. The lowest BCUT2D eigenvalue weighted by molar-refractivity contribution is -0.123. The van der Waals surface area contributed by atoms with Crippen molar-refractivity contribution >= 4 is 38.5 Å². The van der Waals surface area contributed by atoms with Crippen molar-refractivity contribution in [2.45, 2.75) is 57.6 Å². The number of rotatable bonds is 8. The Labute approximate surface area is 199 Å². The van der Waals surface area contributed by atoms with Gasteiger partial charge in [0.15, 0.2) is 6.10 Å². The molecule has 0 bridgehead atoms. The van der Waals surface area contributed by atoms with Gasteiger partial charge < -0.3 is 10.1 Å². The lowest BCUT2D eigenvalue weighted by atomic mass is 10.0. The molecule has 8 nitrogen and oxygen atoms in total. The van der Waals surface area contributed by atoms with Gasteiger partial charge in [-0.15, -0.1) is 0 Å². The summed E-state index contributed by atoms with van der Waals surface area (Å²) in [6.07, 6.45) is -1.08. The molecule has 1 unspecified atom stereocenters. The largest absolute Gasteiger partial charge is 0.449 e. The monoisotopic (exact) mass is 483 g/mol. The third-order valence-corrected chi connectivity index (χ3v) is 6.70. The molecule has 2 N–H and O–H groups in total. The zero-order valence-electron chi connectivity index (χ0n) is 19.8. The molecule has 180 valence electrons. The van der Waals surface area contributed by atoms with Crippen LogP contribution in [0.3, 0.4) is 0 Å². The highest BCUT2D eigenvalue weighted by Crippen LogP contribution is 2.23. The molecule has 2 aromatic carbocycles. The Morgan fingerprint density at radius 3 is 2.21 bits per heavy atom. The molecule has 1 aromatic heterocycles. The SMILES string of the molecule is CC(C)NS(=O)(=O)c1ccc(NC(=O)C(C)OC(=O)c2cc(C(C)C)nc3ccccc23)cc1. The van der Waals surface area contributed by atoms with Gasteiger partial charge in [0.2, 0.25) is 10.0 Å². The van der Waals surface area contributed by atoms with E-state index < -0.39 is 28.0 Å². The number of fused-ring (bicyclic) bond motifs is 1. The average molecular weight is 484 g/mol. The molecule has 1 heterocycles. The first-order valence-electron chi connectivity index (χ1n) is 11.0. The number of benzene rings is 2. The maximum absolute atomic E-state index is 12.9. The standard InChI is InChI=1S/C25H29N3O5S/c1-15(2)23-14-21(20-8-6-7-9-22(20)27-23)25(30)33-17(5)24(29)26-18-10-12-19(13-11-18)34(31,32)28-16(3)4/h6-17,28H,1-5H3,(H,26,29). The average Bonchev–Trinajstić information content (AvgIpc) is 2.77. The molecule has 9 heteroatoms. The zero-order chi connectivity index (χ0) is 25.0. The summed E-state index contributed by atoms with van der Waals surface area (Å²) >= 11 is 0. The quantitative estimate of drug-likeness (QED) is 0.464. The van der Waals surface area contributed by atoms with Crippen LogP contribution in [0.15, 0.2) is 59.5 Å². The Bertz CT molecular complexity index is 1300. The van der Waals surface area contributed by atoms with Crippen molar-refractivity contribution in [1.29, 1.82) is 0 Å². The third kappa shape index (κ3) is 5.98. The van der Waals surface area contributed by atoms with E-state index in [1.54, 1.807) is 26.0 Å². The fraction of sp³-hybridized carbons (Fsp3) is 0.320. The zero-order valence-corrected chi connectivity index (χ0v) is 20.6. The number of nitrogens with one attached hydrogen (secondary N) is 2. The molecule has 3 aromatic rings. The van der Waals surface area contributed by atoms with Gasteiger partial charge in [0.05, 0.1) is 16.0 Å². The highest BCUT2D eigenvalue weighted by Gasteiger charge is 2.22. The molecule has 0 saturated carbocycles. The smallest absolute Gasteiger partial charge is 0.339 e. The number of aromatic nitrogens is 1. The summed E-state index contributed by atoms with van der Waals surface area (Å²) < 4.78 is 32.4. The second-order valence-electron chi connectivity index (χ2n) is 8.60. The van der Waals surface area contributed by atoms with Crippen molar-refractivity contribution < 1.29 is 22.7 Å². The number of anilines is 1. The van der Waals surface area contributed by atoms with E-state index >= 15 is 0 Å². The predicted octanol–water partition coefficient (Wildman–Crippen LogP) is 4.23. The molecule has 0 aliphatic rings. The van der Waals surface area contributed by atoms with Gasteiger partial charge in [0.1, 0.15) is 0 Å². The highest BCUT2D eigenvalue weighted by atomic mass is 32.2. The minimum absolute atomic E-state index is 0.0872. The molecule has 3 rings (SSSR count). The summed E-state index contributed by atoms with van der Waals surface area (Å²) in [5.74, 6) is -1.05. The summed E-state index contributed by atoms with van der Waals surface area (Å²) in [6.45, 7) is 8.90. The first-order chi connectivity index (χ1) is 16.0. The van der Waals surface area contributed by atoms with Crippen molar-refractivity contribution in [1.82, 2.24) is 9.71 Å². The number of pyridine rings is 1. The Kier molecular flexibility index (Phi) is 7.68. The molecular formula is C25H29N3O5S.